The normalized spacial score (nSPS) is 16.5. The van der Waals surface area contributed by atoms with Gasteiger partial charge in [0.1, 0.15) is 16.9 Å². The number of nitrogens with zero attached hydrogens (tertiary/aromatic N) is 2. The zero-order valence-electron chi connectivity index (χ0n) is 14.0. The summed E-state index contributed by atoms with van der Waals surface area (Å²) in [5.41, 5.74) is 1.97. The van der Waals surface area contributed by atoms with Crippen molar-refractivity contribution in [1.29, 1.82) is 0 Å². The van der Waals surface area contributed by atoms with E-state index in [0.29, 0.717) is 30.0 Å². The molecule has 4 nitrogen and oxygen atoms in total. The first-order valence-electron chi connectivity index (χ1n) is 8.25. The van der Waals surface area contributed by atoms with Gasteiger partial charge in [-0.15, -0.1) is 0 Å². The van der Waals surface area contributed by atoms with Crippen LogP contribution in [0.2, 0.25) is 10.3 Å². The first-order valence-corrected chi connectivity index (χ1v) is 9.01. The highest BCUT2D eigenvalue weighted by molar-refractivity contribution is 6.32. The molecule has 0 aliphatic carbocycles. The number of carbonyl (C=O) groups excluding carboxylic acids is 1. The average molecular weight is 379 g/mol. The molecule has 0 atom stereocenters. The molecule has 2 aromatic rings. The number of rotatable bonds is 3. The van der Waals surface area contributed by atoms with E-state index in [2.05, 4.69) is 11.9 Å². The van der Waals surface area contributed by atoms with Gasteiger partial charge >= 0.3 is 6.09 Å². The molecule has 1 fully saturated rings. The molecule has 1 saturated heterocycles. The van der Waals surface area contributed by atoms with E-state index in [1.165, 1.54) is 0 Å². The number of halogens is 2. The van der Waals surface area contributed by atoms with Gasteiger partial charge < -0.3 is 9.64 Å². The van der Waals surface area contributed by atoms with Crippen molar-refractivity contribution in [2.45, 2.75) is 31.8 Å². The predicted octanol–water partition coefficient (Wildman–Crippen LogP) is 5.08. The molecule has 0 unspecified atom stereocenters. The third-order valence-corrected chi connectivity index (χ3v) is 5.18. The SMILES string of the molecule is CC1(c2cc(Cl)nc(Cl)c2)CCN(C(=O)OCc2ccccc2)CC1. The summed E-state index contributed by atoms with van der Waals surface area (Å²) in [4.78, 5) is 18.0. The van der Waals surface area contributed by atoms with Crippen molar-refractivity contribution >= 4 is 29.3 Å². The lowest BCUT2D eigenvalue weighted by atomic mass is 9.75. The van der Waals surface area contributed by atoms with Gasteiger partial charge in [0.15, 0.2) is 0 Å². The molecule has 25 heavy (non-hydrogen) atoms. The van der Waals surface area contributed by atoms with Gasteiger partial charge in [-0.05, 0) is 41.5 Å². The van der Waals surface area contributed by atoms with Crippen LogP contribution in [0.1, 0.15) is 30.9 Å². The number of aromatic nitrogens is 1. The van der Waals surface area contributed by atoms with E-state index in [1.54, 1.807) is 4.90 Å². The lowest BCUT2D eigenvalue weighted by molar-refractivity contribution is 0.0793. The maximum atomic E-state index is 12.3. The molecule has 6 heteroatoms. The lowest BCUT2D eigenvalue weighted by Crippen LogP contribution is -2.44. The molecule has 0 radical (unpaired) electrons. The van der Waals surface area contributed by atoms with Crippen LogP contribution in [-0.2, 0) is 16.8 Å². The monoisotopic (exact) mass is 378 g/mol. The van der Waals surface area contributed by atoms with Gasteiger partial charge in [0.05, 0.1) is 0 Å². The third kappa shape index (κ3) is 4.44. The highest BCUT2D eigenvalue weighted by atomic mass is 35.5. The van der Waals surface area contributed by atoms with Gasteiger partial charge in [0.25, 0.3) is 0 Å². The van der Waals surface area contributed by atoms with Crippen molar-refractivity contribution in [3.05, 3.63) is 63.9 Å². The second-order valence-corrected chi connectivity index (χ2v) is 7.36. The Morgan fingerprint density at radius 2 is 1.76 bits per heavy atom. The number of piperidine rings is 1. The van der Waals surface area contributed by atoms with Crippen molar-refractivity contribution in [2.75, 3.05) is 13.1 Å². The van der Waals surface area contributed by atoms with Crippen molar-refractivity contribution in [1.82, 2.24) is 9.88 Å². The number of amides is 1. The van der Waals surface area contributed by atoms with Crippen LogP contribution in [-0.4, -0.2) is 29.1 Å². The van der Waals surface area contributed by atoms with Gasteiger partial charge in [-0.1, -0.05) is 60.5 Å². The molecule has 0 bridgehead atoms. The maximum absolute atomic E-state index is 12.3. The summed E-state index contributed by atoms with van der Waals surface area (Å²) in [6, 6.07) is 13.4. The van der Waals surface area contributed by atoms with Crippen LogP contribution >= 0.6 is 23.2 Å². The lowest BCUT2D eigenvalue weighted by Gasteiger charge is -2.39. The van der Waals surface area contributed by atoms with E-state index in [1.807, 2.05) is 42.5 Å². The number of carbonyl (C=O) groups is 1. The molecule has 0 saturated carbocycles. The highest BCUT2D eigenvalue weighted by Crippen LogP contribution is 2.36. The Morgan fingerprint density at radius 1 is 1.16 bits per heavy atom. The van der Waals surface area contributed by atoms with Gasteiger partial charge in [0.2, 0.25) is 0 Å². The zero-order valence-corrected chi connectivity index (χ0v) is 15.6. The van der Waals surface area contributed by atoms with Crippen LogP contribution < -0.4 is 0 Å². The second kappa shape index (κ2) is 7.63. The van der Waals surface area contributed by atoms with Crippen molar-refractivity contribution in [2.24, 2.45) is 0 Å². The summed E-state index contributed by atoms with van der Waals surface area (Å²) >= 11 is 12.1. The zero-order chi connectivity index (χ0) is 17.9. The Labute approximate surface area is 157 Å². The Bertz CT molecular complexity index is 724. The minimum atomic E-state index is -0.267. The topological polar surface area (TPSA) is 42.4 Å². The Hall–Kier alpha value is -1.78. The summed E-state index contributed by atoms with van der Waals surface area (Å²) in [5, 5.41) is 0.793. The molecule has 1 aliphatic heterocycles. The van der Waals surface area contributed by atoms with E-state index in [0.717, 1.165) is 24.0 Å². The fourth-order valence-electron chi connectivity index (χ4n) is 3.10. The molecule has 1 aromatic carbocycles. The molecule has 1 amide bonds. The maximum Gasteiger partial charge on any atom is 0.410 e. The number of benzene rings is 1. The minimum absolute atomic E-state index is 0.0770. The molecule has 0 spiro atoms. The van der Waals surface area contributed by atoms with Gasteiger partial charge in [-0.25, -0.2) is 9.78 Å². The molecule has 1 aromatic heterocycles. The van der Waals surface area contributed by atoms with E-state index in [-0.39, 0.29) is 11.5 Å². The number of hydrogen-bond acceptors (Lipinski definition) is 3. The first kappa shape index (κ1) is 18.0. The number of ether oxygens (including phenoxy) is 1. The van der Waals surface area contributed by atoms with Crippen LogP contribution in [0.25, 0.3) is 0 Å². The summed E-state index contributed by atoms with van der Waals surface area (Å²) in [6.07, 6.45) is 1.38. The Morgan fingerprint density at radius 3 is 2.36 bits per heavy atom. The minimum Gasteiger partial charge on any atom is -0.445 e. The van der Waals surface area contributed by atoms with Crippen molar-refractivity contribution < 1.29 is 9.53 Å². The quantitative estimate of drug-likeness (QED) is 0.699. The molecule has 0 N–H and O–H groups in total. The van der Waals surface area contributed by atoms with Gasteiger partial charge in [-0.2, -0.15) is 0 Å². The summed E-state index contributed by atoms with van der Waals surface area (Å²) in [6.45, 7) is 3.74. The Kier molecular flexibility index (Phi) is 5.50. The average Bonchev–Trinajstić information content (AvgIpc) is 2.60. The van der Waals surface area contributed by atoms with Crippen molar-refractivity contribution in [3.8, 4) is 0 Å². The summed E-state index contributed by atoms with van der Waals surface area (Å²) < 4.78 is 5.41. The molecule has 132 valence electrons. The molecular formula is C19H20Cl2N2O2. The number of likely N-dealkylation sites (tertiary alicyclic amines) is 1. The molecule has 1 aliphatic rings. The fourth-order valence-corrected chi connectivity index (χ4v) is 3.56. The van der Waals surface area contributed by atoms with Gasteiger partial charge in [0, 0.05) is 13.1 Å². The van der Waals surface area contributed by atoms with Crippen LogP contribution in [0.4, 0.5) is 4.79 Å². The standard InChI is InChI=1S/C19H20Cl2N2O2/c1-19(15-11-16(20)22-17(21)12-15)7-9-23(10-8-19)18(24)25-13-14-5-3-2-4-6-14/h2-6,11-12H,7-10,13H2,1H3. The van der Waals surface area contributed by atoms with Crippen LogP contribution in [0.15, 0.2) is 42.5 Å². The third-order valence-electron chi connectivity index (χ3n) is 4.79. The van der Waals surface area contributed by atoms with E-state index in [9.17, 15) is 4.79 Å². The van der Waals surface area contributed by atoms with E-state index >= 15 is 0 Å². The fraction of sp³-hybridized carbons (Fsp3) is 0.368. The first-order chi connectivity index (χ1) is 12.0. The highest BCUT2D eigenvalue weighted by Gasteiger charge is 2.34. The van der Waals surface area contributed by atoms with Gasteiger partial charge in [-0.3, -0.25) is 0 Å². The van der Waals surface area contributed by atoms with E-state index in [4.69, 9.17) is 27.9 Å². The van der Waals surface area contributed by atoms with Crippen molar-refractivity contribution in [3.63, 3.8) is 0 Å². The number of pyridine rings is 1. The molecular weight excluding hydrogens is 359 g/mol. The van der Waals surface area contributed by atoms with Crippen LogP contribution in [0, 0.1) is 0 Å². The van der Waals surface area contributed by atoms with Crippen LogP contribution in [0.3, 0.4) is 0 Å². The largest absolute Gasteiger partial charge is 0.445 e. The molecule has 2 heterocycles. The summed E-state index contributed by atoms with van der Waals surface area (Å²) in [7, 11) is 0. The molecule has 3 rings (SSSR count). The summed E-state index contributed by atoms with van der Waals surface area (Å²) in [5.74, 6) is 0. The van der Waals surface area contributed by atoms with E-state index < -0.39 is 0 Å². The second-order valence-electron chi connectivity index (χ2n) is 6.59. The predicted molar refractivity (Wildman–Crippen MR) is 99.0 cm³/mol. The number of hydrogen-bond donors (Lipinski definition) is 0. The van der Waals surface area contributed by atoms with Crippen LogP contribution in [0.5, 0.6) is 0 Å². The smallest absolute Gasteiger partial charge is 0.410 e. The Balaban J connectivity index is 1.58.